The van der Waals surface area contributed by atoms with Gasteiger partial charge in [-0.25, -0.2) is 0 Å². The van der Waals surface area contributed by atoms with Gasteiger partial charge in [-0.05, 0) is 18.3 Å². The zero-order valence-corrected chi connectivity index (χ0v) is 12.2. The van der Waals surface area contributed by atoms with Gasteiger partial charge in [0, 0.05) is 0 Å². The van der Waals surface area contributed by atoms with Crippen LogP contribution in [0.25, 0.3) is 0 Å². The van der Waals surface area contributed by atoms with Crippen molar-refractivity contribution in [3.8, 4) is 0 Å². The molecule has 0 N–H and O–H groups in total. The van der Waals surface area contributed by atoms with Crippen LogP contribution < -0.4 is 0 Å². The van der Waals surface area contributed by atoms with Crippen molar-refractivity contribution in [2.24, 2.45) is 17.8 Å². The van der Waals surface area contributed by atoms with Gasteiger partial charge >= 0.3 is 0 Å². The average molecular weight is 220 g/mol. The molecule has 16 heavy (non-hydrogen) atoms. The molecule has 1 rings (SSSR count). The third-order valence-corrected chi connectivity index (χ3v) is 4.71. The Bertz CT molecular complexity index is 195. The first-order valence-corrected chi connectivity index (χ1v) is 7.43. The van der Waals surface area contributed by atoms with Crippen molar-refractivity contribution in [2.75, 3.05) is 0 Å². The molecule has 3 atom stereocenters. The van der Waals surface area contributed by atoms with Gasteiger partial charge < -0.3 is 0 Å². The molecule has 1 aliphatic rings. The maximum atomic E-state index is 2.43. The zero-order chi connectivity index (χ0) is 12.2. The van der Waals surface area contributed by atoms with Crippen LogP contribution in [0.5, 0.6) is 0 Å². The summed E-state index contributed by atoms with van der Waals surface area (Å²) in [7, 11) is 4.83. The van der Waals surface area contributed by atoms with Crippen molar-refractivity contribution in [2.45, 2.75) is 70.9 Å². The number of hydrogen-bond donors (Lipinski definition) is 0. The first-order chi connectivity index (χ1) is 7.43. The van der Waals surface area contributed by atoms with E-state index in [1.165, 1.54) is 44.9 Å². The summed E-state index contributed by atoms with van der Waals surface area (Å²) >= 11 is 0. The molecule has 0 aromatic carbocycles. The normalized spacial score (nSPS) is 29.7. The highest BCUT2D eigenvalue weighted by atomic mass is 14.3. The van der Waals surface area contributed by atoms with Gasteiger partial charge in [-0.15, -0.1) is 0 Å². The van der Waals surface area contributed by atoms with Crippen LogP contribution in [0.3, 0.4) is 0 Å². The molecule has 0 aromatic heterocycles. The Morgan fingerprint density at radius 1 is 1.19 bits per heavy atom. The zero-order valence-electron chi connectivity index (χ0n) is 12.2. The molecule has 0 radical (unpaired) electrons. The largest absolute Gasteiger partial charge is 0.0992 e. The standard InChI is InChI=1S/C14H30B2/c1-4-13(14(3,15)16)10-12-7-5-6-11(2)8-9-12/h11-13H,4-10,15-16H2,1-3H3. The van der Waals surface area contributed by atoms with Gasteiger partial charge in [0.25, 0.3) is 0 Å². The van der Waals surface area contributed by atoms with Crippen molar-refractivity contribution in [1.82, 2.24) is 0 Å². The summed E-state index contributed by atoms with van der Waals surface area (Å²) in [5, 5.41) is 0.507. The van der Waals surface area contributed by atoms with Gasteiger partial charge in [0.2, 0.25) is 0 Å². The van der Waals surface area contributed by atoms with Crippen molar-refractivity contribution < 1.29 is 0 Å². The summed E-state index contributed by atoms with van der Waals surface area (Å²) in [6.07, 6.45) is 10.3. The molecule has 0 aliphatic heterocycles. The van der Waals surface area contributed by atoms with Crippen LogP contribution in [0.4, 0.5) is 0 Å². The monoisotopic (exact) mass is 220 g/mol. The summed E-state index contributed by atoms with van der Waals surface area (Å²) < 4.78 is 0. The van der Waals surface area contributed by atoms with Crippen molar-refractivity contribution in [3.05, 3.63) is 0 Å². The lowest BCUT2D eigenvalue weighted by atomic mass is 9.48. The van der Waals surface area contributed by atoms with Crippen LogP contribution in [0.2, 0.25) is 5.21 Å². The summed E-state index contributed by atoms with van der Waals surface area (Å²) in [6, 6.07) is 0. The lowest BCUT2D eigenvalue weighted by Gasteiger charge is -2.33. The fourth-order valence-corrected chi connectivity index (χ4v) is 3.33. The minimum absolute atomic E-state index is 0.507. The van der Waals surface area contributed by atoms with Gasteiger partial charge in [0.15, 0.2) is 0 Å². The first-order valence-electron chi connectivity index (χ1n) is 7.43. The van der Waals surface area contributed by atoms with E-state index in [4.69, 9.17) is 0 Å². The van der Waals surface area contributed by atoms with Gasteiger partial charge in [-0.3, -0.25) is 0 Å². The minimum atomic E-state index is 0.507. The quantitative estimate of drug-likeness (QED) is 0.504. The second-order valence-electron chi connectivity index (χ2n) is 7.19. The molecule has 0 saturated heterocycles. The number of rotatable bonds is 4. The molecule has 2 heteroatoms. The van der Waals surface area contributed by atoms with E-state index in [9.17, 15) is 0 Å². The molecule has 0 spiro atoms. The Morgan fingerprint density at radius 3 is 2.44 bits per heavy atom. The molecular formula is C14H30B2. The molecular weight excluding hydrogens is 190 g/mol. The second-order valence-corrected chi connectivity index (χ2v) is 7.19. The van der Waals surface area contributed by atoms with Crippen molar-refractivity contribution in [1.29, 1.82) is 0 Å². The third-order valence-electron chi connectivity index (χ3n) is 4.71. The Kier molecular flexibility index (Phi) is 5.47. The summed E-state index contributed by atoms with van der Waals surface area (Å²) in [4.78, 5) is 0. The highest BCUT2D eigenvalue weighted by Crippen LogP contribution is 2.39. The van der Waals surface area contributed by atoms with Gasteiger partial charge in [-0.1, -0.05) is 70.4 Å². The van der Waals surface area contributed by atoms with Gasteiger partial charge in [-0.2, -0.15) is 0 Å². The predicted molar refractivity (Wildman–Crippen MR) is 79.6 cm³/mol. The van der Waals surface area contributed by atoms with Gasteiger partial charge in [0.05, 0.1) is 15.7 Å². The fourth-order valence-electron chi connectivity index (χ4n) is 3.33. The molecule has 1 fully saturated rings. The predicted octanol–water partition coefficient (Wildman–Crippen LogP) is 3.02. The van der Waals surface area contributed by atoms with E-state index in [0.29, 0.717) is 5.21 Å². The van der Waals surface area contributed by atoms with E-state index in [0.717, 1.165) is 17.8 Å². The highest BCUT2D eigenvalue weighted by molar-refractivity contribution is 6.39. The maximum absolute atomic E-state index is 2.43. The Hall–Kier alpha value is 0.130. The smallest absolute Gasteiger partial charge is 0.0845 e. The lowest BCUT2D eigenvalue weighted by molar-refractivity contribution is 0.309. The van der Waals surface area contributed by atoms with E-state index in [2.05, 4.69) is 36.5 Å². The molecule has 1 saturated carbocycles. The fraction of sp³-hybridized carbons (Fsp3) is 1.00. The molecule has 0 amide bonds. The van der Waals surface area contributed by atoms with Crippen molar-refractivity contribution in [3.63, 3.8) is 0 Å². The lowest BCUT2D eigenvalue weighted by Crippen LogP contribution is -2.23. The van der Waals surface area contributed by atoms with Gasteiger partial charge in [0.1, 0.15) is 0 Å². The molecule has 3 unspecified atom stereocenters. The molecule has 0 heterocycles. The average Bonchev–Trinajstić information content (AvgIpc) is 2.38. The molecule has 1 aliphatic carbocycles. The van der Waals surface area contributed by atoms with Crippen LogP contribution in [0, 0.1) is 17.8 Å². The maximum Gasteiger partial charge on any atom is 0.0992 e. The Labute approximate surface area is 105 Å². The summed E-state index contributed by atoms with van der Waals surface area (Å²) in [5.41, 5.74) is 0. The Balaban J connectivity index is 2.45. The van der Waals surface area contributed by atoms with Crippen LogP contribution in [0.1, 0.15) is 65.7 Å². The second kappa shape index (κ2) is 6.17. The number of hydrogen-bond acceptors (Lipinski definition) is 0. The van der Waals surface area contributed by atoms with Crippen LogP contribution in [0.15, 0.2) is 0 Å². The summed E-state index contributed by atoms with van der Waals surface area (Å²) in [6.45, 7) is 7.22. The van der Waals surface area contributed by atoms with E-state index >= 15 is 0 Å². The highest BCUT2D eigenvalue weighted by Gasteiger charge is 2.26. The minimum Gasteiger partial charge on any atom is -0.0845 e. The van der Waals surface area contributed by atoms with E-state index in [-0.39, 0.29) is 0 Å². The molecule has 0 bridgehead atoms. The molecule has 0 aromatic rings. The van der Waals surface area contributed by atoms with Crippen molar-refractivity contribution >= 4 is 15.7 Å². The molecule has 92 valence electrons. The van der Waals surface area contributed by atoms with E-state index < -0.39 is 0 Å². The first kappa shape index (κ1) is 14.2. The van der Waals surface area contributed by atoms with Crippen LogP contribution in [-0.4, -0.2) is 15.7 Å². The SMILES string of the molecule is BC(B)(C)C(CC)CC1CCCC(C)CC1. The topological polar surface area (TPSA) is 0 Å². The van der Waals surface area contributed by atoms with Crippen LogP contribution in [-0.2, 0) is 0 Å². The Morgan fingerprint density at radius 2 is 1.88 bits per heavy atom. The van der Waals surface area contributed by atoms with Crippen LogP contribution >= 0.6 is 0 Å². The third kappa shape index (κ3) is 4.55. The van der Waals surface area contributed by atoms with E-state index in [1.54, 1.807) is 0 Å². The van der Waals surface area contributed by atoms with E-state index in [1.807, 2.05) is 0 Å². The molecule has 0 nitrogen and oxygen atoms in total. The summed E-state index contributed by atoms with van der Waals surface area (Å²) in [5.74, 6) is 2.93.